The summed E-state index contributed by atoms with van der Waals surface area (Å²) in [5.41, 5.74) is 11.4. The zero-order valence-corrected chi connectivity index (χ0v) is 18.3. The van der Waals surface area contributed by atoms with Crippen LogP contribution in [0.5, 0.6) is 0 Å². The number of piperidine rings is 1. The molecule has 1 aliphatic heterocycles. The van der Waals surface area contributed by atoms with Crippen LogP contribution in [-0.2, 0) is 6.54 Å². The predicted molar refractivity (Wildman–Crippen MR) is 120 cm³/mol. The Morgan fingerprint density at radius 3 is 2.46 bits per heavy atom. The molecule has 0 spiro atoms. The first kappa shape index (κ1) is 24.6. The largest absolute Gasteiger partial charge is 0.397 e. The first-order chi connectivity index (χ1) is 16.5. The van der Waals surface area contributed by atoms with Crippen LogP contribution in [0.15, 0.2) is 42.7 Å². The van der Waals surface area contributed by atoms with Gasteiger partial charge in [0.2, 0.25) is 0 Å². The van der Waals surface area contributed by atoms with Gasteiger partial charge in [-0.3, -0.25) is 4.98 Å². The summed E-state index contributed by atoms with van der Waals surface area (Å²) in [5, 5.41) is 2.98. The normalized spacial score (nSPS) is 18.5. The molecular weight excluding hydrogens is 474 g/mol. The number of nitrogens with zero attached hydrogens (tertiary/aromatic N) is 3. The third kappa shape index (κ3) is 5.26. The van der Waals surface area contributed by atoms with Gasteiger partial charge in [0.25, 0.3) is 0 Å². The quantitative estimate of drug-likeness (QED) is 0.452. The van der Waals surface area contributed by atoms with Crippen molar-refractivity contribution in [3.8, 4) is 11.3 Å². The fourth-order valence-electron chi connectivity index (χ4n) is 4.13. The minimum absolute atomic E-state index is 0.0712. The fourth-order valence-corrected chi connectivity index (χ4v) is 4.13. The third-order valence-electron chi connectivity index (χ3n) is 5.82. The Balaban J connectivity index is 1.61. The van der Waals surface area contributed by atoms with Crippen molar-refractivity contribution in [1.82, 2.24) is 9.97 Å². The fraction of sp³-hybridized carbons (Fsp3) is 0.304. The van der Waals surface area contributed by atoms with Crippen LogP contribution >= 0.6 is 0 Å². The smallest absolute Gasteiger partial charge is 0.393 e. The monoisotopic (exact) mass is 496 g/mol. The van der Waals surface area contributed by atoms with Crippen LogP contribution in [0.2, 0.25) is 0 Å². The Morgan fingerprint density at radius 1 is 1.06 bits per heavy atom. The van der Waals surface area contributed by atoms with Crippen LogP contribution in [-0.4, -0.2) is 35.3 Å². The van der Waals surface area contributed by atoms with E-state index in [1.807, 2.05) is 0 Å². The molecule has 1 fully saturated rings. The van der Waals surface area contributed by atoms with Gasteiger partial charge in [0.1, 0.15) is 17.3 Å². The minimum atomic E-state index is -4.39. The highest BCUT2D eigenvalue weighted by Gasteiger charge is 2.44. The molecular formula is C23H22F6N6. The second kappa shape index (κ2) is 9.61. The van der Waals surface area contributed by atoms with Crippen molar-refractivity contribution >= 4 is 17.1 Å². The number of halogens is 6. The molecule has 12 heteroatoms. The zero-order chi connectivity index (χ0) is 25.3. The standard InChI is InChI=1S/C23H22F6N6/c24-14-2-1-3-15(25)21(14)22-16(26)7-17(31)18(34-22)9-33-19-8-32-5-4-20(19)35-10-12(23(27,28)29)6-13(30)11-35/h1-5,7-8,12-13,33H,6,9-11,30-31H2/t12?,13-/m0/s1. The van der Waals surface area contributed by atoms with Crippen LogP contribution in [0.4, 0.5) is 43.4 Å². The average molecular weight is 496 g/mol. The SMILES string of the molecule is Nc1cc(F)c(-c2c(F)cccc2F)nc1CNc1cnccc1N1CC(C(F)(F)F)C[C@H](N)C1. The highest BCUT2D eigenvalue weighted by Crippen LogP contribution is 2.37. The highest BCUT2D eigenvalue weighted by atomic mass is 19.4. The van der Waals surface area contributed by atoms with Gasteiger partial charge in [0.15, 0.2) is 5.82 Å². The second-order valence-corrected chi connectivity index (χ2v) is 8.34. The number of hydrogen-bond acceptors (Lipinski definition) is 6. The molecule has 5 N–H and O–H groups in total. The predicted octanol–water partition coefficient (Wildman–Crippen LogP) is 4.47. The first-order valence-electron chi connectivity index (χ1n) is 10.7. The van der Waals surface area contributed by atoms with E-state index in [1.54, 1.807) is 6.07 Å². The number of nitrogen functional groups attached to an aromatic ring is 1. The summed E-state index contributed by atoms with van der Waals surface area (Å²) < 4.78 is 83.0. The molecule has 1 unspecified atom stereocenters. The molecule has 1 aromatic carbocycles. The third-order valence-corrected chi connectivity index (χ3v) is 5.82. The number of hydrogen-bond donors (Lipinski definition) is 3. The lowest BCUT2D eigenvalue weighted by atomic mass is 9.93. The van der Waals surface area contributed by atoms with Crippen molar-refractivity contribution in [2.24, 2.45) is 11.7 Å². The van der Waals surface area contributed by atoms with E-state index in [0.29, 0.717) is 11.4 Å². The summed E-state index contributed by atoms with van der Waals surface area (Å²) >= 11 is 0. The molecule has 3 heterocycles. The van der Waals surface area contributed by atoms with E-state index in [4.69, 9.17) is 11.5 Å². The highest BCUT2D eigenvalue weighted by molar-refractivity contribution is 5.70. The average Bonchev–Trinajstić information content (AvgIpc) is 2.79. The van der Waals surface area contributed by atoms with Gasteiger partial charge in [-0.2, -0.15) is 13.2 Å². The van der Waals surface area contributed by atoms with E-state index in [-0.39, 0.29) is 37.4 Å². The van der Waals surface area contributed by atoms with Gasteiger partial charge in [0, 0.05) is 31.4 Å². The second-order valence-electron chi connectivity index (χ2n) is 8.34. The molecule has 4 rings (SSSR count). The lowest BCUT2D eigenvalue weighted by Crippen LogP contribution is -2.51. The van der Waals surface area contributed by atoms with E-state index in [0.717, 1.165) is 24.3 Å². The maximum Gasteiger partial charge on any atom is 0.393 e. The molecule has 0 aliphatic carbocycles. The van der Waals surface area contributed by atoms with Gasteiger partial charge in [0.05, 0.1) is 47.0 Å². The number of nitrogens with one attached hydrogen (secondary N) is 1. The van der Waals surface area contributed by atoms with Crippen LogP contribution in [0, 0.1) is 23.4 Å². The van der Waals surface area contributed by atoms with Crippen molar-refractivity contribution < 1.29 is 26.3 Å². The van der Waals surface area contributed by atoms with Gasteiger partial charge >= 0.3 is 6.18 Å². The van der Waals surface area contributed by atoms with E-state index < -0.39 is 46.8 Å². The Kier molecular flexibility index (Phi) is 6.75. The topological polar surface area (TPSA) is 93.1 Å². The van der Waals surface area contributed by atoms with Crippen LogP contribution in [0.3, 0.4) is 0 Å². The molecule has 35 heavy (non-hydrogen) atoms. The summed E-state index contributed by atoms with van der Waals surface area (Å²) in [6.45, 7) is -0.182. The van der Waals surface area contributed by atoms with E-state index in [2.05, 4.69) is 15.3 Å². The summed E-state index contributed by atoms with van der Waals surface area (Å²) in [5.74, 6) is -4.57. The molecule has 2 atom stereocenters. The number of rotatable bonds is 5. The Hall–Kier alpha value is -3.54. The molecule has 3 aromatic rings. The Labute approximate surface area is 197 Å². The lowest BCUT2D eigenvalue weighted by Gasteiger charge is -2.39. The van der Waals surface area contributed by atoms with Crippen LogP contribution in [0.25, 0.3) is 11.3 Å². The van der Waals surface area contributed by atoms with Crippen molar-refractivity contribution in [1.29, 1.82) is 0 Å². The Bertz CT molecular complexity index is 1200. The number of benzene rings is 1. The maximum absolute atomic E-state index is 14.5. The number of alkyl halides is 3. The minimum Gasteiger partial charge on any atom is -0.397 e. The van der Waals surface area contributed by atoms with Gasteiger partial charge in [-0.05, 0) is 24.6 Å². The zero-order valence-electron chi connectivity index (χ0n) is 18.3. The van der Waals surface area contributed by atoms with Crippen molar-refractivity contribution in [2.45, 2.75) is 25.2 Å². The van der Waals surface area contributed by atoms with E-state index in [9.17, 15) is 26.3 Å². The first-order valence-corrected chi connectivity index (χ1v) is 10.7. The molecule has 1 saturated heterocycles. The molecule has 0 radical (unpaired) electrons. The van der Waals surface area contributed by atoms with Crippen LogP contribution in [0.1, 0.15) is 12.1 Å². The van der Waals surface area contributed by atoms with Crippen LogP contribution < -0.4 is 21.7 Å². The molecule has 0 saturated carbocycles. The van der Waals surface area contributed by atoms with Crippen molar-refractivity contribution in [3.05, 3.63) is 65.9 Å². The molecule has 2 aromatic heterocycles. The van der Waals surface area contributed by atoms with Gasteiger partial charge < -0.3 is 21.7 Å². The Morgan fingerprint density at radius 2 is 1.77 bits per heavy atom. The molecule has 0 bridgehead atoms. The van der Waals surface area contributed by atoms with E-state index in [1.165, 1.54) is 17.3 Å². The number of aromatic nitrogens is 2. The van der Waals surface area contributed by atoms with Gasteiger partial charge in [-0.1, -0.05) is 6.07 Å². The molecule has 0 amide bonds. The number of nitrogens with two attached hydrogens (primary N) is 2. The summed E-state index contributed by atoms with van der Waals surface area (Å²) in [4.78, 5) is 9.57. The van der Waals surface area contributed by atoms with E-state index >= 15 is 0 Å². The molecule has 6 nitrogen and oxygen atoms in total. The number of pyridine rings is 2. The summed E-state index contributed by atoms with van der Waals surface area (Å²) in [6.07, 6.45) is -1.71. The van der Waals surface area contributed by atoms with Crippen molar-refractivity contribution in [2.75, 3.05) is 29.0 Å². The molecule has 1 aliphatic rings. The lowest BCUT2D eigenvalue weighted by molar-refractivity contribution is -0.177. The summed E-state index contributed by atoms with van der Waals surface area (Å²) in [7, 11) is 0. The van der Waals surface area contributed by atoms with Gasteiger partial charge in [-0.15, -0.1) is 0 Å². The number of anilines is 3. The summed E-state index contributed by atoms with van der Waals surface area (Å²) in [6, 6.07) is 4.89. The van der Waals surface area contributed by atoms with Gasteiger partial charge in [-0.25, -0.2) is 18.2 Å². The molecule has 186 valence electrons. The maximum atomic E-state index is 14.5. The van der Waals surface area contributed by atoms with Crippen molar-refractivity contribution in [3.63, 3.8) is 0 Å².